The van der Waals surface area contributed by atoms with Gasteiger partial charge >= 0.3 is 0 Å². The molecule has 1 atom stereocenters. The van der Waals surface area contributed by atoms with Crippen molar-refractivity contribution in [2.45, 2.75) is 38.6 Å². The van der Waals surface area contributed by atoms with Gasteiger partial charge in [-0.2, -0.15) is 0 Å². The van der Waals surface area contributed by atoms with Crippen molar-refractivity contribution in [3.05, 3.63) is 57.2 Å². The van der Waals surface area contributed by atoms with Crippen molar-refractivity contribution in [3.8, 4) is 0 Å². The number of aromatic nitrogens is 2. The fourth-order valence-corrected chi connectivity index (χ4v) is 4.56. The standard InChI is InChI=1S/C19H18FN3O2S/c1-11(17(24)22-13-8-6-12(20)7-9-13)23-10-21-18-16(19(23)25)14-4-2-3-5-15(14)26-18/h6-11H,2-5H2,1H3,(H,22,24)/t11-/m0/s1. The number of nitrogens with zero attached hydrogens (tertiary/aromatic N) is 2. The minimum atomic E-state index is -0.719. The summed E-state index contributed by atoms with van der Waals surface area (Å²) in [6.07, 6.45) is 5.56. The Hall–Kier alpha value is -2.54. The number of nitrogens with one attached hydrogen (secondary N) is 1. The summed E-state index contributed by atoms with van der Waals surface area (Å²) in [7, 11) is 0. The average Bonchev–Trinajstić information content (AvgIpc) is 3.02. The molecule has 4 rings (SSSR count). The van der Waals surface area contributed by atoms with Crippen molar-refractivity contribution in [1.29, 1.82) is 0 Å². The molecule has 3 aromatic rings. The van der Waals surface area contributed by atoms with Crippen LogP contribution in [0.15, 0.2) is 35.4 Å². The van der Waals surface area contributed by atoms with Crippen LogP contribution in [0.3, 0.4) is 0 Å². The molecular formula is C19H18FN3O2S. The maximum atomic E-state index is 13.0. The second-order valence-electron chi connectivity index (χ2n) is 6.52. The first-order valence-corrected chi connectivity index (χ1v) is 9.44. The lowest BCUT2D eigenvalue weighted by molar-refractivity contribution is -0.118. The van der Waals surface area contributed by atoms with Gasteiger partial charge in [0.25, 0.3) is 5.56 Å². The van der Waals surface area contributed by atoms with Crippen molar-refractivity contribution in [3.63, 3.8) is 0 Å². The van der Waals surface area contributed by atoms with E-state index in [1.807, 2.05) is 0 Å². The third-order valence-corrected chi connectivity index (χ3v) is 6.01. The van der Waals surface area contributed by atoms with Crippen molar-refractivity contribution in [1.82, 2.24) is 9.55 Å². The molecule has 7 heteroatoms. The number of halogens is 1. The SMILES string of the molecule is C[C@@H](C(=O)Nc1ccc(F)cc1)n1cnc2sc3c(c2c1=O)CCCC3. The highest BCUT2D eigenvalue weighted by atomic mass is 32.1. The molecule has 0 spiro atoms. The Bertz CT molecular complexity index is 1040. The minimum absolute atomic E-state index is 0.170. The van der Waals surface area contributed by atoms with Gasteiger partial charge in [0.1, 0.15) is 16.7 Å². The molecule has 0 fully saturated rings. The Morgan fingerprint density at radius 1 is 1.27 bits per heavy atom. The molecule has 0 saturated carbocycles. The van der Waals surface area contributed by atoms with Gasteiger partial charge in [-0.25, -0.2) is 9.37 Å². The largest absolute Gasteiger partial charge is 0.324 e. The molecule has 0 unspecified atom stereocenters. The van der Waals surface area contributed by atoms with Crippen LogP contribution in [0, 0.1) is 5.82 Å². The Morgan fingerprint density at radius 3 is 2.77 bits per heavy atom. The maximum absolute atomic E-state index is 13.0. The Balaban J connectivity index is 1.67. The topological polar surface area (TPSA) is 64.0 Å². The molecule has 5 nitrogen and oxygen atoms in total. The second-order valence-corrected chi connectivity index (χ2v) is 7.60. The van der Waals surface area contributed by atoms with Crippen molar-refractivity contribution < 1.29 is 9.18 Å². The number of anilines is 1. The predicted octanol–water partition coefficient (Wildman–Crippen LogP) is 3.68. The number of carbonyl (C=O) groups is 1. The van der Waals surface area contributed by atoms with Crippen LogP contribution in [-0.4, -0.2) is 15.5 Å². The highest BCUT2D eigenvalue weighted by Crippen LogP contribution is 2.33. The van der Waals surface area contributed by atoms with Gasteiger partial charge in [-0.1, -0.05) is 0 Å². The van der Waals surface area contributed by atoms with Crippen LogP contribution in [0.25, 0.3) is 10.2 Å². The molecule has 1 aromatic carbocycles. The number of carbonyl (C=O) groups excluding carboxylic acids is 1. The molecule has 134 valence electrons. The number of hydrogen-bond acceptors (Lipinski definition) is 4. The minimum Gasteiger partial charge on any atom is -0.324 e. The highest BCUT2D eigenvalue weighted by molar-refractivity contribution is 7.18. The number of fused-ring (bicyclic) bond motifs is 3. The quantitative estimate of drug-likeness (QED) is 0.764. The third kappa shape index (κ3) is 2.92. The summed E-state index contributed by atoms with van der Waals surface area (Å²) in [5.74, 6) is -0.715. The molecule has 1 aliphatic carbocycles. The Labute approximate surface area is 153 Å². The maximum Gasteiger partial charge on any atom is 0.263 e. The summed E-state index contributed by atoms with van der Waals surface area (Å²) in [4.78, 5) is 32.0. The van der Waals surface area contributed by atoms with Gasteiger partial charge in [-0.3, -0.25) is 14.2 Å². The van der Waals surface area contributed by atoms with E-state index in [0.29, 0.717) is 11.1 Å². The van der Waals surface area contributed by atoms with Crippen LogP contribution < -0.4 is 10.9 Å². The summed E-state index contributed by atoms with van der Waals surface area (Å²) in [6.45, 7) is 1.66. The van der Waals surface area contributed by atoms with E-state index in [2.05, 4.69) is 10.3 Å². The fraction of sp³-hybridized carbons (Fsp3) is 0.316. The Kier molecular flexibility index (Phi) is 4.32. The zero-order valence-corrected chi connectivity index (χ0v) is 15.1. The number of hydrogen-bond donors (Lipinski definition) is 1. The summed E-state index contributed by atoms with van der Waals surface area (Å²) >= 11 is 1.59. The first-order valence-electron chi connectivity index (χ1n) is 8.62. The lowest BCUT2D eigenvalue weighted by Gasteiger charge is -2.15. The number of aryl methyl sites for hydroxylation is 2. The summed E-state index contributed by atoms with van der Waals surface area (Å²) in [6, 6.07) is 4.80. The van der Waals surface area contributed by atoms with E-state index in [1.165, 1.54) is 40.0 Å². The lowest BCUT2D eigenvalue weighted by atomic mass is 9.97. The molecule has 0 aliphatic heterocycles. The lowest BCUT2D eigenvalue weighted by Crippen LogP contribution is -2.32. The van der Waals surface area contributed by atoms with Gasteiger partial charge in [0, 0.05) is 10.6 Å². The van der Waals surface area contributed by atoms with Gasteiger partial charge in [0.05, 0.1) is 11.7 Å². The summed E-state index contributed by atoms with van der Waals surface area (Å²) < 4.78 is 14.4. The number of benzene rings is 1. The molecule has 0 radical (unpaired) electrons. The van der Waals surface area contributed by atoms with Crippen LogP contribution in [0.4, 0.5) is 10.1 Å². The van der Waals surface area contributed by atoms with Crippen LogP contribution in [0.5, 0.6) is 0 Å². The van der Waals surface area contributed by atoms with Gasteiger partial charge in [-0.15, -0.1) is 11.3 Å². The zero-order chi connectivity index (χ0) is 18.3. The second kappa shape index (κ2) is 6.64. The molecule has 26 heavy (non-hydrogen) atoms. The van der Waals surface area contributed by atoms with E-state index in [4.69, 9.17) is 0 Å². The third-order valence-electron chi connectivity index (χ3n) is 4.81. The van der Waals surface area contributed by atoms with Gasteiger partial charge in [0.2, 0.25) is 5.91 Å². The van der Waals surface area contributed by atoms with Crippen molar-refractivity contribution in [2.75, 3.05) is 5.32 Å². The fourth-order valence-electron chi connectivity index (χ4n) is 3.34. The molecule has 1 aliphatic rings. The predicted molar refractivity (Wildman–Crippen MR) is 100 cm³/mol. The molecule has 1 N–H and O–H groups in total. The molecule has 0 saturated heterocycles. The molecule has 1 amide bonds. The van der Waals surface area contributed by atoms with E-state index in [9.17, 15) is 14.0 Å². The smallest absolute Gasteiger partial charge is 0.263 e. The first-order chi connectivity index (χ1) is 12.5. The van der Waals surface area contributed by atoms with Crippen LogP contribution in [-0.2, 0) is 17.6 Å². The van der Waals surface area contributed by atoms with Crippen LogP contribution in [0.1, 0.15) is 36.2 Å². The van der Waals surface area contributed by atoms with Crippen molar-refractivity contribution >= 4 is 33.1 Å². The monoisotopic (exact) mass is 371 g/mol. The van der Waals surface area contributed by atoms with E-state index in [0.717, 1.165) is 36.1 Å². The molecular weight excluding hydrogens is 353 g/mol. The van der Waals surface area contributed by atoms with Gasteiger partial charge < -0.3 is 5.32 Å². The number of thiophene rings is 1. The van der Waals surface area contributed by atoms with E-state index < -0.39 is 6.04 Å². The summed E-state index contributed by atoms with van der Waals surface area (Å²) in [5, 5.41) is 3.37. The summed E-state index contributed by atoms with van der Waals surface area (Å²) in [5.41, 5.74) is 1.42. The highest BCUT2D eigenvalue weighted by Gasteiger charge is 2.23. The number of amides is 1. The van der Waals surface area contributed by atoms with Crippen LogP contribution >= 0.6 is 11.3 Å². The molecule has 2 aromatic heterocycles. The zero-order valence-electron chi connectivity index (χ0n) is 14.3. The molecule has 0 bridgehead atoms. The number of rotatable bonds is 3. The molecule has 2 heterocycles. The van der Waals surface area contributed by atoms with E-state index in [-0.39, 0.29) is 17.3 Å². The van der Waals surface area contributed by atoms with Gasteiger partial charge in [0.15, 0.2) is 0 Å². The Morgan fingerprint density at radius 2 is 2.00 bits per heavy atom. The van der Waals surface area contributed by atoms with Crippen LogP contribution in [0.2, 0.25) is 0 Å². The van der Waals surface area contributed by atoms with E-state index in [1.54, 1.807) is 18.3 Å². The average molecular weight is 371 g/mol. The van der Waals surface area contributed by atoms with Gasteiger partial charge in [-0.05, 0) is 62.4 Å². The van der Waals surface area contributed by atoms with Crippen molar-refractivity contribution in [2.24, 2.45) is 0 Å². The van der Waals surface area contributed by atoms with E-state index >= 15 is 0 Å². The normalized spacial score (nSPS) is 14.8. The first kappa shape index (κ1) is 16.9.